The van der Waals surface area contributed by atoms with Crippen molar-refractivity contribution < 1.29 is 9.53 Å². The van der Waals surface area contributed by atoms with Gasteiger partial charge in [-0.25, -0.2) is 0 Å². The molecule has 1 N–H and O–H groups in total. The molecule has 0 fully saturated rings. The first-order valence-corrected chi connectivity index (χ1v) is 10.2. The molecule has 1 amide bonds. The molecule has 0 bridgehead atoms. The summed E-state index contributed by atoms with van der Waals surface area (Å²) in [5.74, 6) is 0.967. The average Bonchev–Trinajstić information content (AvgIpc) is 2.62. The summed E-state index contributed by atoms with van der Waals surface area (Å²) in [6, 6.07) is 8.09. The molecule has 1 aliphatic carbocycles. The number of ether oxygens (including phenoxy) is 1. The minimum Gasteiger partial charge on any atom is -0.483 e. The quantitative estimate of drug-likeness (QED) is 0.727. The van der Waals surface area contributed by atoms with Crippen molar-refractivity contribution in [2.75, 3.05) is 11.9 Å². The van der Waals surface area contributed by atoms with Crippen molar-refractivity contribution in [3.8, 4) is 11.8 Å². The first-order chi connectivity index (χ1) is 12.9. The van der Waals surface area contributed by atoms with Crippen LogP contribution in [0.4, 0.5) is 5.00 Å². The van der Waals surface area contributed by atoms with Crippen LogP contribution in [0.25, 0.3) is 0 Å². The molecule has 0 saturated heterocycles. The second-order valence-electron chi connectivity index (χ2n) is 7.12. The van der Waals surface area contributed by atoms with Crippen LogP contribution in [0.3, 0.4) is 0 Å². The van der Waals surface area contributed by atoms with E-state index in [1.165, 1.54) is 11.3 Å². The van der Waals surface area contributed by atoms with E-state index in [9.17, 15) is 10.1 Å². The van der Waals surface area contributed by atoms with Gasteiger partial charge in [0.05, 0.1) is 9.39 Å². The fraction of sp³-hybridized carbons (Fsp3) is 0.381. The molecule has 140 valence electrons. The summed E-state index contributed by atoms with van der Waals surface area (Å²) >= 11 is 6.84. The molecule has 0 saturated carbocycles. The molecule has 0 spiro atoms. The van der Waals surface area contributed by atoms with Crippen LogP contribution in [0.2, 0.25) is 0 Å². The highest BCUT2D eigenvalue weighted by Crippen LogP contribution is 2.35. The number of carbonyl (C=O) groups excluding carboxylic acids is 1. The maximum atomic E-state index is 12.4. The Hall–Kier alpha value is -2.23. The summed E-state index contributed by atoms with van der Waals surface area (Å²) in [4.78, 5) is 12.4. The van der Waals surface area contributed by atoms with Gasteiger partial charge in [-0.15, -0.1) is 11.3 Å². The third kappa shape index (κ3) is 4.37. The van der Waals surface area contributed by atoms with E-state index in [-0.39, 0.29) is 12.5 Å². The van der Waals surface area contributed by atoms with Crippen LogP contribution < -0.4 is 10.1 Å². The van der Waals surface area contributed by atoms with Gasteiger partial charge in [0.25, 0.3) is 5.91 Å². The highest BCUT2D eigenvalue weighted by Gasteiger charge is 2.23. The van der Waals surface area contributed by atoms with Crippen LogP contribution in [0.1, 0.15) is 41.2 Å². The molecule has 1 aliphatic rings. The van der Waals surface area contributed by atoms with E-state index in [1.807, 2.05) is 32.0 Å². The molecule has 1 heterocycles. The summed E-state index contributed by atoms with van der Waals surface area (Å²) in [7, 11) is 0. The van der Waals surface area contributed by atoms with Crippen molar-refractivity contribution in [3.63, 3.8) is 0 Å². The zero-order chi connectivity index (χ0) is 19.6. The Bertz CT molecular complexity index is 989. The maximum absolute atomic E-state index is 12.4. The Kier molecular flexibility index (Phi) is 5.93. The van der Waals surface area contributed by atoms with E-state index in [0.29, 0.717) is 22.2 Å². The summed E-state index contributed by atoms with van der Waals surface area (Å²) in [6.07, 6.45) is 2.77. The van der Waals surface area contributed by atoms with E-state index in [2.05, 4.69) is 18.3 Å². The first kappa shape index (κ1) is 19.5. The zero-order valence-corrected chi connectivity index (χ0v) is 17.4. The lowest BCUT2D eigenvalue weighted by molar-refractivity contribution is -0.118. The number of anilines is 1. The number of hydrogen-bond donors (Lipinski definition) is 1. The minimum atomic E-state index is -0.291. The third-order valence-electron chi connectivity index (χ3n) is 4.83. The van der Waals surface area contributed by atoms with Crippen molar-refractivity contribution in [1.29, 1.82) is 5.26 Å². The number of rotatable bonds is 4. The molecule has 4 nitrogen and oxygen atoms in total. The summed E-state index contributed by atoms with van der Waals surface area (Å²) in [5, 5.41) is 13.0. The van der Waals surface area contributed by atoms with E-state index in [1.54, 1.807) is 0 Å². The van der Waals surface area contributed by atoms with Gasteiger partial charge in [-0.05, 0) is 61.8 Å². The van der Waals surface area contributed by atoms with Gasteiger partial charge in [0.2, 0.25) is 0 Å². The summed E-state index contributed by atoms with van der Waals surface area (Å²) < 4.78 is 6.40. The molecule has 1 aromatic heterocycles. The number of nitrogens with one attached hydrogen (secondary N) is 1. The molecule has 0 radical (unpaired) electrons. The van der Waals surface area contributed by atoms with Gasteiger partial charge in [0, 0.05) is 0 Å². The fourth-order valence-electron chi connectivity index (χ4n) is 3.41. The third-order valence-corrected chi connectivity index (χ3v) is 6.27. The normalized spacial score (nSPS) is 15.6. The number of carbonyl (C=O) groups is 1. The molecular weight excluding hydrogens is 376 g/mol. The maximum Gasteiger partial charge on any atom is 0.262 e. The summed E-state index contributed by atoms with van der Waals surface area (Å²) in [5.41, 5.74) is 4.79. The summed E-state index contributed by atoms with van der Waals surface area (Å²) in [6.45, 7) is 6.05. The van der Waals surface area contributed by atoms with E-state index in [4.69, 9.17) is 17.0 Å². The number of nitrogens with zero attached hydrogens (tertiary/aromatic N) is 1. The molecular formula is C21H22N2O2S2. The molecule has 1 aromatic carbocycles. The lowest BCUT2D eigenvalue weighted by Crippen LogP contribution is -2.21. The van der Waals surface area contributed by atoms with Crippen LogP contribution in [-0.4, -0.2) is 12.5 Å². The number of fused-ring (bicyclic) bond motifs is 1. The highest BCUT2D eigenvalue weighted by atomic mass is 32.1. The number of aryl methyl sites for hydroxylation is 2. The Morgan fingerprint density at radius 3 is 2.89 bits per heavy atom. The first-order valence-electron chi connectivity index (χ1n) is 8.98. The predicted octanol–water partition coefficient (Wildman–Crippen LogP) is 5.11. The fourth-order valence-corrected chi connectivity index (χ4v) is 4.82. The van der Waals surface area contributed by atoms with Gasteiger partial charge in [-0.3, -0.25) is 4.79 Å². The largest absolute Gasteiger partial charge is 0.483 e. The Morgan fingerprint density at radius 1 is 1.41 bits per heavy atom. The minimum absolute atomic E-state index is 0.109. The molecule has 6 heteroatoms. The van der Waals surface area contributed by atoms with Gasteiger partial charge < -0.3 is 10.1 Å². The van der Waals surface area contributed by atoms with Crippen molar-refractivity contribution in [2.45, 2.75) is 40.0 Å². The van der Waals surface area contributed by atoms with Crippen LogP contribution in [0, 0.1) is 34.9 Å². The predicted molar refractivity (Wildman–Crippen MR) is 111 cm³/mol. The molecule has 0 aliphatic heterocycles. The Morgan fingerprint density at radius 2 is 2.19 bits per heavy atom. The van der Waals surface area contributed by atoms with Crippen LogP contribution in [0.5, 0.6) is 5.75 Å². The smallest absolute Gasteiger partial charge is 0.262 e. The van der Waals surface area contributed by atoms with E-state index in [0.717, 1.165) is 45.3 Å². The van der Waals surface area contributed by atoms with Gasteiger partial charge in [0.1, 0.15) is 16.8 Å². The van der Waals surface area contributed by atoms with Gasteiger partial charge in [0.15, 0.2) is 6.61 Å². The Balaban J connectivity index is 1.77. The van der Waals surface area contributed by atoms with Gasteiger partial charge in [-0.1, -0.05) is 36.8 Å². The lowest BCUT2D eigenvalue weighted by atomic mass is 9.85. The standard InChI is InChI=1S/C21H22N2O2S2/c1-12-5-7-18(14(3)8-12)25-11-19(24)23-20-17(10-22)15-6-4-13(2)9-16(15)21(26)27-20/h5,7-8,13H,4,6,9,11H2,1-3H3,(H,23,24). The molecule has 2 aromatic rings. The van der Waals surface area contributed by atoms with Crippen LogP contribution in [-0.2, 0) is 17.6 Å². The highest BCUT2D eigenvalue weighted by molar-refractivity contribution is 7.73. The zero-order valence-electron chi connectivity index (χ0n) is 15.7. The van der Waals surface area contributed by atoms with Crippen molar-refractivity contribution in [2.24, 2.45) is 5.92 Å². The monoisotopic (exact) mass is 398 g/mol. The average molecular weight is 399 g/mol. The van der Waals surface area contributed by atoms with Crippen molar-refractivity contribution in [3.05, 3.63) is 49.8 Å². The topological polar surface area (TPSA) is 62.1 Å². The second kappa shape index (κ2) is 8.20. The van der Waals surface area contributed by atoms with Crippen molar-refractivity contribution >= 4 is 34.5 Å². The second-order valence-corrected chi connectivity index (χ2v) is 8.80. The van der Waals surface area contributed by atoms with Crippen molar-refractivity contribution in [1.82, 2.24) is 0 Å². The number of amides is 1. The number of benzene rings is 1. The van der Waals surface area contributed by atoms with Gasteiger partial charge in [-0.2, -0.15) is 5.26 Å². The number of hydrogen-bond acceptors (Lipinski definition) is 5. The van der Waals surface area contributed by atoms with Gasteiger partial charge >= 0.3 is 0 Å². The SMILES string of the molecule is Cc1ccc(OCC(=O)Nc2sc(=S)c3c(c2C#N)CCC(C)C3)c(C)c1. The molecule has 3 rings (SSSR count). The Labute approximate surface area is 168 Å². The van der Waals surface area contributed by atoms with E-state index >= 15 is 0 Å². The lowest BCUT2D eigenvalue weighted by Gasteiger charge is -2.23. The van der Waals surface area contributed by atoms with Crippen LogP contribution in [0.15, 0.2) is 18.2 Å². The van der Waals surface area contributed by atoms with E-state index < -0.39 is 0 Å². The molecule has 27 heavy (non-hydrogen) atoms. The van der Waals surface area contributed by atoms with Crippen LogP contribution >= 0.6 is 23.6 Å². The molecule has 1 atom stereocenters. The molecule has 1 unspecified atom stereocenters. The number of nitriles is 1.